The average molecular weight is 378 g/mol. The molecule has 3 nitrogen and oxygen atoms in total. The molecule has 1 N–H and O–H groups in total. The van der Waals surface area contributed by atoms with Crippen molar-refractivity contribution in [2.24, 2.45) is 0 Å². The molecule has 2 aromatic carbocycles. The third kappa shape index (κ3) is 4.79. The monoisotopic (exact) mass is 377 g/mol. The maximum Gasteiger partial charge on any atom is 0.286 e. The minimum absolute atomic E-state index is 0.189. The van der Waals surface area contributed by atoms with Crippen LogP contribution in [-0.4, -0.2) is 22.1 Å². The highest BCUT2D eigenvalue weighted by Gasteiger charge is 2.31. The first-order chi connectivity index (χ1) is 11.6. The van der Waals surface area contributed by atoms with Gasteiger partial charge >= 0.3 is 0 Å². The second-order valence-corrected chi connectivity index (χ2v) is 8.24. The molecule has 1 aliphatic rings. The fraction of sp³-hybridized carbons (Fsp3) is 0.222. The molecule has 1 heterocycles. The lowest BCUT2D eigenvalue weighted by Crippen LogP contribution is -2.25. The molecule has 2 aromatic rings. The third-order valence-corrected chi connectivity index (χ3v) is 5.93. The first-order valence-electron chi connectivity index (χ1n) is 7.58. The van der Waals surface area contributed by atoms with Crippen molar-refractivity contribution < 1.29 is 9.59 Å². The van der Waals surface area contributed by atoms with Crippen molar-refractivity contribution in [3.8, 4) is 0 Å². The van der Waals surface area contributed by atoms with Crippen LogP contribution < -0.4 is 5.32 Å². The topological polar surface area (TPSA) is 46.2 Å². The molecule has 0 radical (unpaired) electrons. The minimum atomic E-state index is -0.305. The van der Waals surface area contributed by atoms with Gasteiger partial charge in [-0.05, 0) is 48.2 Å². The summed E-state index contributed by atoms with van der Waals surface area (Å²) >= 11 is 8.76. The van der Waals surface area contributed by atoms with Gasteiger partial charge in [-0.2, -0.15) is 0 Å². The van der Waals surface area contributed by atoms with Gasteiger partial charge in [-0.25, -0.2) is 0 Å². The Balaban J connectivity index is 1.48. The van der Waals surface area contributed by atoms with E-state index in [2.05, 4.69) is 29.6 Å². The number of benzene rings is 2. The highest BCUT2D eigenvalue weighted by Crippen LogP contribution is 2.25. The average Bonchev–Trinajstić information content (AvgIpc) is 2.88. The fourth-order valence-corrected chi connectivity index (χ4v) is 4.29. The fourth-order valence-electron chi connectivity index (χ4n) is 2.40. The van der Waals surface area contributed by atoms with Gasteiger partial charge in [-0.15, -0.1) is 11.8 Å². The van der Waals surface area contributed by atoms with Gasteiger partial charge < -0.3 is 0 Å². The third-order valence-electron chi connectivity index (χ3n) is 3.68. The van der Waals surface area contributed by atoms with Gasteiger partial charge in [-0.3, -0.25) is 14.9 Å². The number of hydrogen-bond donors (Lipinski definition) is 1. The first-order valence-corrected chi connectivity index (χ1v) is 9.82. The van der Waals surface area contributed by atoms with Crippen molar-refractivity contribution in [1.82, 2.24) is 5.32 Å². The van der Waals surface area contributed by atoms with Gasteiger partial charge in [0, 0.05) is 15.7 Å². The Bertz CT molecular complexity index is 732. The molecule has 1 saturated heterocycles. The summed E-state index contributed by atoms with van der Waals surface area (Å²) in [6.07, 6.45) is 1.57. The summed E-state index contributed by atoms with van der Waals surface area (Å²) in [5.74, 6) is 0.808. The predicted octanol–water partition coefficient (Wildman–Crippen LogP) is 4.57. The highest BCUT2D eigenvalue weighted by atomic mass is 35.5. The summed E-state index contributed by atoms with van der Waals surface area (Å²) in [4.78, 5) is 24.0. The Labute approximate surface area is 154 Å². The molecule has 1 fully saturated rings. The number of amides is 2. The Morgan fingerprint density at radius 2 is 1.67 bits per heavy atom. The molecule has 24 heavy (non-hydrogen) atoms. The summed E-state index contributed by atoms with van der Waals surface area (Å²) in [5.41, 5.74) is 2.34. The van der Waals surface area contributed by atoms with Crippen molar-refractivity contribution in [3.63, 3.8) is 0 Å². The molecule has 3 rings (SSSR count). The lowest BCUT2D eigenvalue weighted by atomic mass is 10.1. The van der Waals surface area contributed by atoms with Crippen molar-refractivity contribution in [2.75, 3.05) is 5.75 Å². The highest BCUT2D eigenvalue weighted by molar-refractivity contribution is 8.15. The van der Waals surface area contributed by atoms with E-state index in [9.17, 15) is 9.59 Å². The van der Waals surface area contributed by atoms with Crippen LogP contribution in [0.2, 0.25) is 5.02 Å². The maximum absolute atomic E-state index is 11.6. The zero-order valence-corrected chi connectivity index (χ0v) is 15.2. The van der Waals surface area contributed by atoms with Crippen LogP contribution in [0.4, 0.5) is 4.79 Å². The number of hydrogen-bond acceptors (Lipinski definition) is 4. The van der Waals surface area contributed by atoms with Crippen LogP contribution in [0.3, 0.4) is 0 Å². The smallest absolute Gasteiger partial charge is 0.286 e. The van der Waals surface area contributed by atoms with Gasteiger partial charge in [0.15, 0.2) is 0 Å². The van der Waals surface area contributed by atoms with Crippen LogP contribution in [0.1, 0.15) is 11.1 Å². The first kappa shape index (κ1) is 17.4. The Morgan fingerprint density at radius 1 is 1.00 bits per heavy atom. The van der Waals surface area contributed by atoms with Crippen LogP contribution in [0.5, 0.6) is 0 Å². The molecule has 1 atom stereocenters. The SMILES string of the molecule is O=C1NC(=O)C(Cc2ccc(SCCc3ccc(Cl)cc3)cc2)S1. The van der Waals surface area contributed by atoms with Crippen LogP contribution >= 0.6 is 35.1 Å². The van der Waals surface area contributed by atoms with Crippen molar-refractivity contribution >= 4 is 46.3 Å². The van der Waals surface area contributed by atoms with Crippen LogP contribution in [0.25, 0.3) is 0 Å². The second kappa shape index (κ2) is 8.10. The Kier molecular flexibility index (Phi) is 5.87. The number of halogens is 1. The van der Waals surface area contributed by atoms with Crippen molar-refractivity contribution in [2.45, 2.75) is 23.0 Å². The molecular weight excluding hydrogens is 362 g/mol. The molecule has 124 valence electrons. The molecule has 0 bridgehead atoms. The Hall–Kier alpha value is -1.43. The van der Waals surface area contributed by atoms with E-state index >= 15 is 0 Å². The van der Waals surface area contributed by atoms with Gasteiger partial charge in [0.2, 0.25) is 5.91 Å². The van der Waals surface area contributed by atoms with Crippen LogP contribution in [0.15, 0.2) is 53.4 Å². The number of thioether (sulfide) groups is 2. The number of imide groups is 1. The van der Waals surface area contributed by atoms with E-state index in [4.69, 9.17) is 11.6 Å². The van der Waals surface area contributed by atoms with E-state index < -0.39 is 0 Å². The van der Waals surface area contributed by atoms with Crippen molar-refractivity contribution in [3.05, 3.63) is 64.7 Å². The van der Waals surface area contributed by atoms with E-state index in [-0.39, 0.29) is 16.4 Å². The number of carbonyl (C=O) groups excluding carboxylic acids is 2. The molecule has 2 amide bonds. The summed E-state index contributed by atoms with van der Waals surface area (Å²) in [6.45, 7) is 0. The normalized spacial score (nSPS) is 17.1. The number of aryl methyl sites for hydroxylation is 1. The van der Waals surface area contributed by atoms with Gasteiger partial charge in [0.25, 0.3) is 5.24 Å². The van der Waals surface area contributed by atoms with E-state index in [1.165, 1.54) is 10.5 Å². The molecule has 0 spiro atoms. The van der Waals surface area contributed by atoms with E-state index in [1.807, 2.05) is 24.3 Å². The summed E-state index contributed by atoms with van der Waals surface area (Å²) in [5, 5.41) is 2.52. The van der Waals surface area contributed by atoms with E-state index in [1.54, 1.807) is 11.8 Å². The van der Waals surface area contributed by atoms with Crippen LogP contribution in [-0.2, 0) is 17.6 Å². The molecule has 6 heteroatoms. The van der Waals surface area contributed by atoms with E-state index in [0.29, 0.717) is 6.42 Å². The van der Waals surface area contributed by atoms with Gasteiger partial charge in [0.1, 0.15) is 0 Å². The van der Waals surface area contributed by atoms with Gasteiger partial charge in [0.05, 0.1) is 5.25 Å². The van der Waals surface area contributed by atoms with Gasteiger partial charge in [-0.1, -0.05) is 47.6 Å². The summed E-state index contributed by atoms with van der Waals surface area (Å²) in [6, 6.07) is 16.1. The van der Waals surface area contributed by atoms with Crippen molar-refractivity contribution in [1.29, 1.82) is 0 Å². The lowest BCUT2D eigenvalue weighted by Gasteiger charge is -2.07. The molecule has 0 saturated carbocycles. The largest absolute Gasteiger partial charge is 0.286 e. The molecular formula is C18H16ClNO2S2. The molecule has 0 aliphatic carbocycles. The number of nitrogens with one attached hydrogen (secondary N) is 1. The maximum atomic E-state index is 11.6. The van der Waals surface area contributed by atoms with E-state index in [0.717, 1.165) is 34.5 Å². The molecule has 1 unspecified atom stereocenters. The standard InChI is InChI=1S/C18H16ClNO2S2/c19-14-5-1-12(2-6-14)9-10-23-15-7-3-13(4-8-15)11-16-17(21)20-18(22)24-16/h1-8,16H,9-11H2,(H,20,21,22). The lowest BCUT2D eigenvalue weighted by molar-refractivity contribution is -0.118. The Morgan fingerprint density at radius 3 is 2.29 bits per heavy atom. The predicted molar refractivity (Wildman–Crippen MR) is 101 cm³/mol. The number of carbonyl (C=O) groups is 2. The summed E-state index contributed by atoms with van der Waals surface area (Å²) in [7, 11) is 0. The number of rotatable bonds is 6. The zero-order chi connectivity index (χ0) is 16.9. The minimum Gasteiger partial charge on any atom is -0.286 e. The quantitative estimate of drug-likeness (QED) is 0.749. The second-order valence-electron chi connectivity index (χ2n) is 5.46. The summed E-state index contributed by atoms with van der Waals surface area (Å²) < 4.78 is 0. The van der Waals surface area contributed by atoms with Crippen LogP contribution in [0, 0.1) is 0 Å². The molecule has 1 aliphatic heterocycles. The zero-order valence-electron chi connectivity index (χ0n) is 12.8. The molecule has 0 aromatic heterocycles.